The molecule has 0 N–H and O–H groups in total. The highest BCUT2D eigenvalue weighted by Gasteiger charge is 2.19. The molecule has 4 rings (SSSR count). The zero-order chi connectivity index (χ0) is 25.8. The van der Waals surface area contributed by atoms with Crippen LogP contribution in [-0.2, 0) is 22.9 Å². The van der Waals surface area contributed by atoms with Crippen molar-refractivity contribution >= 4 is 6.16 Å². The Bertz CT molecular complexity index is 1250. The average molecular weight is 487 g/mol. The van der Waals surface area contributed by atoms with Crippen LogP contribution in [0.5, 0.6) is 0 Å². The van der Waals surface area contributed by atoms with Crippen LogP contribution in [0.15, 0.2) is 61.2 Å². The molecule has 188 valence electrons. The molecule has 0 aliphatic carbocycles. The zero-order valence-corrected chi connectivity index (χ0v) is 21.9. The molecule has 36 heavy (non-hydrogen) atoms. The Morgan fingerprint density at radius 1 is 0.750 bits per heavy atom. The van der Waals surface area contributed by atoms with Crippen LogP contribution in [0.3, 0.4) is 0 Å². The third kappa shape index (κ3) is 5.20. The third-order valence-corrected chi connectivity index (χ3v) is 7.14. The van der Waals surface area contributed by atoms with E-state index >= 15 is 0 Å². The van der Waals surface area contributed by atoms with E-state index in [0.29, 0.717) is 0 Å². The first-order chi connectivity index (χ1) is 17.3. The lowest BCUT2D eigenvalue weighted by Gasteiger charge is -2.18. The summed E-state index contributed by atoms with van der Waals surface area (Å²) in [4.78, 5) is 21.5. The Morgan fingerprint density at radius 2 is 1.17 bits per heavy atom. The molecular weight excluding hydrogens is 452 g/mol. The fourth-order valence-electron chi connectivity index (χ4n) is 4.67. The maximum absolute atomic E-state index is 12.4. The highest BCUT2D eigenvalue weighted by atomic mass is 16.7. The van der Waals surface area contributed by atoms with Crippen molar-refractivity contribution in [1.29, 1.82) is 0 Å². The summed E-state index contributed by atoms with van der Waals surface area (Å²) in [6, 6.07) is 12.5. The first kappa shape index (κ1) is 25.2. The summed E-state index contributed by atoms with van der Waals surface area (Å²) in [7, 11) is 0. The van der Waals surface area contributed by atoms with Gasteiger partial charge in [-0.1, -0.05) is 50.2 Å². The van der Waals surface area contributed by atoms with Gasteiger partial charge in [-0.05, 0) is 61.1 Å². The molecule has 0 aliphatic heterocycles. The number of carbonyl (C=O) groups excluding carboxylic acids is 1. The van der Waals surface area contributed by atoms with E-state index in [4.69, 9.17) is 9.47 Å². The molecule has 7 nitrogen and oxygen atoms in total. The molecule has 0 spiro atoms. The second-order valence-corrected chi connectivity index (χ2v) is 9.33. The lowest BCUT2D eigenvalue weighted by atomic mass is 9.93. The molecule has 0 amide bonds. The minimum atomic E-state index is -0.743. The maximum atomic E-state index is 12.4. The molecule has 2 aromatic carbocycles. The van der Waals surface area contributed by atoms with Gasteiger partial charge in [0.25, 0.3) is 0 Å². The largest absolute Gasteiger partial charge is 0.511 e. The van der Waals surface area contributed by atoms with E-state index in [1.165, 1.54) is 33.4 Å². The second kappa shape index (κ2) is 10.8. The molecule has 0 radical (unpaired) electrons. The Labute approximate surface area is 212 Å². The highest BCUT2D eigenvalue weighted by molar-refractivity contribution is 5.59. The van der Waals surface area contributed by atoms with Crippen molar-refractivity contribution in [3.8, 4) is 0 Å². The number of aromatic nitrogens is 4. The van der Waals surface area contributed by atoms with Crippen LogP contribution in [0.1, 0.15) is 70.7 Å². The standard InChI is InChI=1S/C29H34N4O3/c1-19-9-7-11-25(21(19)3)23(5)27-30-13-15-32(27)17-35-29(34)36-18-33-16-14-31-28(33)24(6)26-12-8-10-20(2)22(26)4/h7-16,23-24H,17-18H2,1-6H3. The van der Waals surface area contributed by atoms with Gasteiger partial charge in [-0.15, -0.1) is 0 Å². The minimum Gasteiger partial charge on any atom is -0.412 e. The maximum Gasteiger partial charge on any atom is 0.511 e. The first-order valence-electron chi connectivity index (χ1n) is 12.2. The normalized spacial score (nSPS) is 12.8. The summed E-state index contributed by atoms with van der Waals surface area (Å²) in [5, 5.41) is 0. The summed E-state index contributed by atoms with van der Waals surface area (Å²) >= 11 is 0. The van der Waals surface area contributed by atoms with E-state index in [1.807, 2.05) is 21.5 Å². The summed E-state index contributed by atoms with van der Waals surface area (Å²) in [6.07, 6.45) is 6.32. The van der Waals surface area contributed by atoms with Gasteiger partial charge in [-0.3, -0.25) is 0 Å². The van der Waals surface area contributed by atoms with Crippen molar-refractivity contribution in [2.75, 3.05) is 0 Å². The van der Waals surface area contributed by atoms with Crippen LogP contribution >= 0.6 is 0 Å². The third-order valence-electron chi connectivity index (χ3n) is 7.14. The topological polar surface area (TPSA) is 71.2 Å². The number of rotatable bonds is 8. The van der Waals surface area contributed by atoms with E-state index in [0.717, 1.165) is 11.6 Å². The molecule has 0 saturated heterocycles. The number of benzene rings is 2. The molecule has 0 fully saturated rings. The van der Waals surface area contributed by atoms with Crippen molar-refractivity contribution in [1.82, 2.24) is 19.1 Å². The van der Waals surface area contributed by atoms with Gasteiger partial charge < -0.3 is 18.6 Å². The van der Waals surface area contributed by atoms with Crippen molar-refractivity contribution in [3.05, 3.63) is 106 Å². The number of aryl methyl sites for hydroxylation is 2. The van der Waals surface area contributed by atoms with Crippen LogP contribution < -0.4 is 0 Å². The van der Waals surface area contributed by atoms with Crippen molar-refractivity contribution < 1.29 is 14.3 Å². The quantitative estimate of drug-likeness (QED) is 0.270. The van der Waals surface area contributed by atoms with Gasteiger partial charge in [0, 0.05) is 36.6 Å². The van der Waals surface area contributed by atoms with Gasteiger partial charge in [0.1, 0.15) is 11.6 Å². The average Bonchev–Trinajstić information content (AvgIpc) is 3.53. The molecule has 2 unspecified atom stereocenters. The number of hydrogen-bond acceptors (Lipinski definition) is 5. The van der Waals surface area contributed by atoms with Crippen LogP contribution in [0.25, 0.3) is 0 Å². The van der Waals surface area contributed by atoms with E-state index in [2.05, 4.69) is 87.9 Å². The van der Waals surface area contributed by atoms with E-state index in [-0.39, 0.29) is 25.3 Å². The van der Waals surface area contributed by atoms with Crippen molar-refractivity contribution in [2.24, 2.45) is 0 Å². The Morgan fingerprint density at radius 3 is 1.58 bits per heavy atom. The predicted molar refractivity (Wildman–Crippen MR) is 139 cm³/mol. The number of carbonyl (C=O) groups is 1. The fourth-order valence-corrected chi connectivity index (χ4v) is 4.67. The van der Waals surface area contributed by atoms with Crippen LogP contribution in [0.4, 0.5) is 4.79 Å². The smallest absolute Gasteiger partial charge is 0.412 e. The Balaban J connectivity index is 1.37. The van der Waals surface area contributed by atoms with E-state index < -0.39 is 6.16 Å². The first-order valence-corrected chi connectivity index (χ1v) is 12.2. The number of imidazole rings is 2. The van der Waals surface area contributed by atoms with Gasteiger partial charge in [0.05, 0.1) is 0 Å². The van der Waals surface area contributed by atoms with Crippen molar-refractivity contribution in [2.45, 2.75) is 66.8 Å². The molecule has 4 aromatic rings. The molecule has 2 aromatic heterocycles. The monoisotopic (exact) mass is 486 g/mol. The van der Waals surface area contributed by atoms with Gasteiger partial charge in [-0.2, -0.15) is 0 Å². The Hall–Kier alpha value is -3.87. The van der Waals surface area contributed by atoms with Gasteiger partial charge in [0.2, 0.25) is 0 Å². The minimum absolute atomic E-state index is 0.0268. The Kier molecular flexibility index (Phi) is 7.58. The lowest BCUT2D eigenvalue weighted by molar-refractivity contribution is 0.0140. The fraction of sp³-hybridized carbons (Fsp3) is 0.345. The summed E-state index contributed by atoms with van der Waals surface area (Å²) in [5.41, 5.74) is 7.37. The number of nitrogens with zero attached hydrogens (tertiary/aromatic N) is 4. The van der Waals surface area contributed by atoms with Crippen LogP contribution in [0.2, 0.25) is 0 Å². The molecule has 0 saturated carbocycles. The van der Waals surface area contributed by atoms with Crippen LogP contribution in [0, 0.1) is 27.7 Å². The number of hydrogen-bond donors (Lipinski definition) is 0. The SMILES string of the molecule is Cc1cccc(C(C)c2nccn2COC(=O)OCn2ccnc2C(C)c2cccc(C)c2C)c1C. The van der Waals surface area contributed by atoms with Gasteiger partial charge in [-0.25, -0.2) is 14.8 Å². The summed E-state index contributed by atoms with van der Waals surface area (Å²) in [5.74, 6) is 1.77. The highest BCUT2D eigenvalue weighted by Crippen LogP contribution is 2.28. The lowest BCUT2D eigenvalue weighted by Crippen LogP contribution is -2.17. The summed E-state index contributed by atoms with van der Waals surface area (Å²) < 4.78 is 14.5. The molecule has 0 aliphatic rings. The predicted octanol–water partition coefficient (Wildman–Crippen LogP) is 6.39. The van der Waals surface area contributed by atoms with E-state index in [1.54, 1.807) is 12.4 Å². The molecule has 0 bridgehead atoms. The molecular formula is C29H34N4O3. The van der Waals surface area contributed by atoms with E-state index in [9.17, 15) is 4.79 Å². The molecule has 2 heterocycles. The van der Waals surface area contributed by atoms with Gasteiger partial charge in [0.15, 0.2) is 13.5 Å². The number of ether oxygens (including phenoxy) is 2. The van der Waals surface area contributed by atoms with Crippen molar-refractivity contribution in [3.63, 3.8) is 0 Å². The second-order valence-electron chi connectivity index (χ2n) is 9.33. The zero-order valence-electron chi connectivity index (χ0n) is 21.9. The molecule has 2 atom stereocenters. The van der Waals surface area contributed by atoms with Gasteiger partial charge >= 0.3 is 6.16 Å². The van der Waals surface area contributed by atoms with Crippen LogP contribution in [-0.4, -0.2) is 25.3 Å². The molecule has 7 heteroatoms. The summed E-state index contributed by atoms with van der Waals surface area (Å²) in [6.45, 7) is 12.7.